The molecule has 5 nitrogen and oxygen atoms in total. The Balaban J connectivity index is 2.39. The van der Waals surface area contributed by atoms with Crippen LogP contribution in [0.15, 0.2) is 4.99 Å². The van der Waals surface area contributed by atoms with Gasteiger partial charge in [0.05, 0.1) is 0 Å². The van der Waals surface area contributed by atoms with Crippen molar-refractivity contribution in [3.63, 3.8) is 0 Å². The number of nitrogens with zero attached hydrogens (tertiary/aromatic N) is 2. The second-order valence-electron chi connectivity index (χ2n) is 2.73. The minimum absolute atomic E-state index is 0.0663. The van der Waals surface area contributed by atoms with Crippen LogP contribution < -0.4 is 5.32 Å². The Hall–Kier alpha value is -1.26. The molecule has 0 spiro atoms. The maximum Gasteiger partial charge on any atom is 0.322 e. The normalized spacial score (nSPS) is 17.1. The van der Waals surface area contributed by atoms with Gasteiger partial charge in [0.15, 0.2) is 5.96 Å². The van der Waals surface area contributed by atoms with Crippen LogP contribution in [0.4, 0.5) is 0 Å². The van der Waals surface area contributed by atoms with Gasteiger partial charge in [0.25, 0.3) is 0 Å². The molecule has 0 aromatic heterocycles. The lowest BCUT2D eigenvalue weighted by atomic mass is 10.3. The maximum absolute atomic E-state index is 10.2. The third-order valence-corrected chi connectivity index (χ3v) is 1.67. The molecule has 0 aromatic rings. The van der Waals surface area contributed by atoms with Crippen molar-refractivity contribution in [3.8, 4) is 0 Å². The Kier molecular flexibility index (Phi) is 2.90. The van der Waals surface area contributed by atoms with Gasteiger partial charge in [-0.1, -0.05) is 0 Å². The van der Waals surface area contributed by atoms with Crippen molar-refractivity contribution in [2.45, 2.75) is 6.42 Å². The predicted octanol–water partition coefficient (Wildman–Crippen LogP) is -0.648. The first-order chi connectivity index (χ1) is 5.70. The summed E-state index contributed by atoms with van der Waals surface area (Å²) in [5.74, 6) is -0.180. The number of carbonyl (C=O) groups is 1. The SMILES string of the molecule is CN1CCCN=C1NCC(=O)O. The smallest absolute Gasteiger partial charge is 0.322 e. The van der Waals surface area contributed by atoms with E-state index in [1.54, 1.807) is 0 Å². The second kappa shape index (κ2) is 3.94. The standard InChI is InChI=1S/C7H13N3O2/c1-10-4-2-3-8-7(10)9-5-6(11)12/h2-5H2,1H3,(H,8,9)(H,11,12). The van der Waals surface area contributed by atoms with Crippen molar-refractivity contribution in [2.75, 3.05) is 26.7 Å². The molecule has 0 unspecified atom stereocenters. The number of guanidine groups is 1. The summed E-state index contributed by atoms with van der Waals surface area (Å²) in [4.78, 5) is 16.3. The summed E-state index contributed by atoms with van der Waals surface area (Å²) < 4.78 is 0. The lowest BCUT2D eigenvalue weighted by molar-refractivity contribution is -0.135. The first kappa shape index (κ1) is 8.83. The van der Waals surface area contributed by atoms with Crippen LogP contribution in [0.1, 0.15) is 6.42 Å². The molecule has 12 heavy (non-hydrogen) atoms. The Morgan fingerprint density at radius 3 is 3.17 bits per heavy atom. The van der Waals surface area contributed by atoms with Gasteiger partial charge >= 0.3 is 5.97 Å². The number of carboxylic acids is 1. The highest BCUT2D eigenvalue weighted by Gasteiger charge is 2.10. The predicted molar refractivity (Wildman–Crippen MR) is 45.2 cm³/mol. The molecule has 0 fully saturated rings. The third kappa shape index (κ3) is 2.41. The van der Waals surface area contributed by atoms with E-state index in [0.717, 1.165) is 19.5 Å². The van der Waals surface area contributed by atoms with Gasteiger partial charge in [-0.15, -0.1) is 0 Å². The van der Waals surface area contributed by atoms with Crippen LogP contribution >= 0.6 is 0 Å². The molecule has 0 saturated heterocycles. The summed E-state index contributed by atoms with van der Waals surface area (Å²) in [7, 11) is 1.90. The van der Waals surface area contributed by atoms with E-state index in [9.17, 15) is 4.79 Å². The number of aliphatic carboxylic acids is 1. The Bertz CT molecular complexity index is 203. The highest BCUT2D eigenvalue weighted by atomic mass is 16.4. The van der Waals surface area contributed by atoms with Crippen molar-refractivity contribution >= 4 is 11.9 Å². The molecule has 0 radical (unpaired) electrons. The highest BCUT2D eigenvalue weighted by molar-refractivity contribution is 5.84. The molecule has 68 valence electrons. The van der Waals surface area contributed by atoms with Crippen LogP contribution in [0.25, 0.3) is 0 Å². The fourth-order valence-corrected chi connectivity index (χ4v) is 1.06. The van der Waals surface area contributed by atoms with E-state index in [0.29, 0.717) is 5.96 Å². The molecule has 0 saturated carbocycles. The number of hydrogen-bond donors (Lipinski definition) is 2. The minimum atomic E-state index is -0.864. The average Bonchev–Trinajstić information content (AvgIpc) is 2.03. The first-order valence-electron chi connectivity index (χ1n) is 3.91. The van der Waals surface area contributed by atoms with E-state index >= 15 is 0 Å². The summed E-state index contributed by atoms with van der Waals surface area (Å²) in [6.07, 6.45) is 1.04. The van der Waals surface area contributed by atoms with Crippen LogP contribution in [0.3, 0.4) is 0 Å². The molecule has 0 bridgehead atoms. The lowest BCUT2D eigenvalue weighted by Gasteiger charge is -2.24. The zero-order valence-corrected chi connectivity index (χ0v) is 7.08. The van der Waals surface area contributed by atoms with Gasteiger partial charge in [-0.25, -0.2) is 0 Å². The van der Waals surface area contributed by atoms with Gasteiger partial charge in [0.2, 0.25) is 0 Å². The van der Waals surface area contributed by atoms with E-state index < -0.39 is 5.97 Å². The number of rotatable bonds is 2. The van der Waals surface area contributed by atoms with Crippen LogP contribution in [0.5, 0.6) is 0 Å². The van der Waals surface area contributed by atoms with Gasteiger partial charge < -0.3 is 15.3 Å². The summed E-state index contributed by atoms with van der Waals surface area (Å²) in [5, 5.41) is 11.1. The third-order valence-electron chi connectivity index (χ3n) is 1.67. The molecule has 1 rings (SSSR count). The fraction of sp³-hybridized carbons (Fsp3) is 0.714. The maximum atomic E-state index is 10.2. The van der Waals surface area contributed by atoms with Crippen molar-refractivity contribution in [3.05, 3.63) is 0 Å². The molecule has 1 heterocycles. The molecule has 2 N–H and O–H groups in total. The lowest BCUT2D eigenvalue weighted by Crippen LogP contribution is -2.43. The van der Waals surface area contributed by atoms with E-state index in [-0.39, 0.29) is 6.54 Å². The van der Waals surface area contributed by atoms with Gasteiger partial charge in [-0.05, 0) is 6.42 Å². The molecule has 0 amide bonds. The zero-order chi connectivity index (χ0) is 8.97. The van der Waals surface area contributed by atoms with Gasteiger partial charge in [-0.3, -0.25) is 9.79 Å². The summed E-state index contributed by atoms with van der Waals surface area (Å²) >= 11 is 0. The van der Waals surface area contributed by atoms with Crippen LogP contribution in [0.2, 0.25) is 0 Å². The summed E-state index contributed by atoms with van der Waals surface area (Å²) in [6, 6.07) is 0. The number of nitrogens with one attached hydrogen (secondary N) is 1. The van der Waals surface area contributed by atoms with Gasteiger partial charge in [0, 0.05) is 20.1 Å². The van der Waals surface area contributed by atoms with Crippen LogP contribution in [-0.2, 0) is 4.79 Å². The first-order valence-corrected chi connectivity index (χ1v) is 3.91. The van der Waals surface area contributed by atoms with E-state index in [2.05, 4.69) is 10.3 Å². The average molecular weight is 171 g/mol. The summed E-state index contributed by atoms with van der Waals surface area (Å²) in [5.41, 5.74) is 0. The highest BCUT2D eigenvalue weighted by Crippen LogP contribution is 1.96. The van der Waals surface area contributed by atoms with E-state index in [1.165, 1.54) is 0 Å². The Labute approximate surface area is 71.1 Å². The fourth-order valence-electron chi connectivity index (χ4n) is 1.06. The van der Waals surface area contributed by atoms with Crippen molar-refractivity contribution < 1.29 is 9.90 Å². The van der Waals surface area contributed by atoms with E-state index in [4.69, 9.17) is 5.11 Å². The zero-order valence-electron chi connectivity index (χ0n) is 7.08. The molecule has 0 aromatic carbocycles. The molecular formula is C7H13N3O2. The summed E-state index contributed by atoms with van der Waals surface area (Å²) in [6.45, 7) is 1.65. The molecule has 1 aliphatic heterocycles. The minimum Gasteiger partial charge on any atom is -0.480 e. The van der Waals surface area contributed by atoms with E-state index in [1.807, 2.05) is 11.9 Å². The number of hydrogen-bond acceptors (Lipinski definition) is 4. The largest absolute Gasteiger partial charge is 0.480 e. The van der Waals surface area contributed by atoms with Gasteiger partial charge in [-0.2, -0.15) is 0 Å². The monoisotopic (exact) mass is 171 g/mol. The van der Waals surface area contributed by atoms with Crippen LogP contribution in [0, 0.1) is 0 Å². The van der Waals surface area contributed by atoms with Crippen molar-refractivity contribution in [1.29, 1.82) is 0 Å². The molecule has 0 aliphatic carbocycles. The molecular weight excluding hydrogens is 158 g/mol. The van der Waals surface area contributed by atoms with Gasteiger partial charge in [0.1, 0.15) is 6.54 Å². The van der Waals surface area contributed by atoms with Crippen molar-refractivity contribution in [2.24, 2.45) is 4.99 Å². The molecule has 5 heteroatoms. The van der Waals surface area contributed by atoms with Crippen LogP contribution in [-0.4, -0.2) is 48.6 Å². The second-order valence-corrected chi connectivity index (χ2v) is 2.73. The Morgan fingerprint density at radius 2 is 2.58 bits per heavy atom. The van der Waals surface area contributed by atoms with Crippen molar-refractivity contribution in [1.82, 2.24) is 10.2 Å². The quantitative estimate of drug-likeness (QED) is 0.579. The topological polar surface area (TPSA) is 64.9 Å². The Morgan fingerprint density at radius 1 is 1.83 bits per heavy atom. The molecule has 1 aliphatic rings. The number of carboxylic acid groups (broad SMARTS) is 1. The molecule has 0 atom stereocenters. The number of aliphatic imine (C=N–C) groups is 1.